The van der Waals surface area contributed by atoms with Crippen LogP contribution in [0, 0.1) is 5.92 Å². The highest BCUT2D eigenvalue weighted by Gasteiger charge is 2.45. The predicted molar refractivity (Wildman–Crippen MR) is 54.1 cm³/mol. The van der Waals surface area contributed by atoms with Crippen LogP contribution in [0.15, 0.2) is 0 Å². The Labute approximate surface area is 89.6 Å². The van der Waals surface area contributed by atoms with Crippen LogP contribution in [0.4, 0.5) is 0 Å². The van der Waals surface area contributed by atoms with Crippen LogP contribution >= 0.6 is 0 Å². The fourth-order valence-electron chi connectivity index (χ4n) is 2.65. The van der Waals surface area contributed by atoms with Crippen molar-refractivity contribution in [3.05, 3.63) is 0 Å². The van der Waals surface area contributed by atoms with Gasteiger partial charge < -0.3 is 9.64 Å². The largest absolute Gasteiger partial charge is 0.462 e. The van der Waals surface area contributed by atoms with Gasteiger partial charge in [0.2, 0.25) is 5.91 Å². The van der Waals surface area contributed by atoms with Crippen molar-refractivity contribution in [2.24, 2.45) is 5.92 Å². The van der Waals surface area contributed by atoms with Gasteiger partial charge in [0.05, 0.1) is 0 Å². The lowest BCUT2D eigenvalue weighted by Gasteiger charge is -2.29. The lowest BCUT2D eigenvalue weighted by Crippen LogP contribution is -2.37. The van der Waals surface area contributed by atoms with Gasteiger partial charge in [-0.1, -0.05) is 0 Å². The highest BCUT2D eigenvalue weighted by molar-refractivity contribution is 5.79. The molecule has 4 nitrogen and oxygen atoms in total. The fraction of sp³-hybridized carbons (Fsp3) is 0.818. The standard InChI is InChI=1S/C11H17NO3/c1-11(2,15-7-13)8-5-9-3-4-10(14)12(9)6-8/h7-9H,3-6H2,1-2H3/t8-,9+/m0/s1. The van der Waals surface area contributed by atoms with Crippen LogP contribution < -0.4 is 0 Å². The average molecular weight is 211 g/mol. The Morgan fingerprint density at radius 2 is 2.27 bits per heavy atom. The summed E-state index contributed by atoms with van der Waals surface area (Å²) in [5.74, 6) is 0.529. The fourth-order valence-corrected chi connectivity index (χ4v) is 2.65. The van der Waals surface area contributed by atoms with E-state index in [9.17, 15) is 9.59 Å². The molecule has 1 amide bonds. The molecule has 2 rings (SSSR count). The Bertz CT molecular complexity index is 288. The summed E-state index contributed by atoms with van der Waals surface area (Å²) in [4.78, 5) is 23.8. The molecule has 0 aliphatic carbocycles. The van der Waals surface area contributed by atoms with E-state index in [0.717, 1.165) is 19.4 Å². The van der Waals surface area contributed by atoms with Gasteiger partial charge in [-0.2, -0.15) is 0 Å². The van der Waals surface area contributed by atoms with Gasteiger partial charge in [0, 0.05) is 24.9 Å². The molecule has 2 heterocycles. The molecule has 0 radical (unpaired) electrons. The van der Waals surface area contributed by atoms with E-state index in [1.165, 1.54) is 0 Å². The first kappa shape index (κ1) is 10.5. The Morgan fingerprint density at radius 1 is 1.53 bits per heavy atom. The first-order valence-corrected chi connectivity index (χ1v) is 5.45. The Balaban J connectivity index is 2.04. The molecule has 0 unspecified atom stereocenters. The van der Waals surface area contributed by atoms with Gasteiger partial charge in [-0.15, -0.1) is 0 Å². The van der Waals surface area contributed by atoms with Crippen molar-refractivity contribution in [1.82, 2.24) is 4.90 Å². The molecule has 0 N–H and O–H groups in total. The summed E-state index contributed by atoms with van der Waals surface area (Å²) in [7, 11) is 0. The van der Waals surface area contributed by atoms with Crippen molar-refractivity contribution in [3.8, 4) is 0 Å². The van der Waals surface area contributed by atoms with E-state index in [2.05, 4.69) is 0 Å². The highest BCUT2D eigenvalue weighted by Crippen LogP contribution is 2.38. The van der Waals surface area contributed by atoms with Crippen molar-refractivity contribution >= 4 is 12.4 Å². The van der Waals surface area contributed by atoms with E-state index in [0.29, 0.717) is 18.9 Å². The van der Waals surface area contributed by atoms with Crippen molar-refractivity contribution in [2.45, 2.75) is 44.8 Å². The zero-order valence-electron chi connectivity index (χ0n) is 9.23. The maximum atomic E-state index is 11.5. The van der Waals surface area contributed by atoms with Crippen LogP contribution in [-0.4, -0.2) is 35.5 Å². The number of ether oxygens (including phenoxy) is 1. The lowest BCUT2D eigenvalue weighted by molar-refractivity contribution is -0.145. The smallest absolute Gasteiger partial charge is 0.293 e. The molecule has 0 aromatic rings. The first-order chi connectivity index (χ1) is 7.04. The van der Waals surface area contributed by atoms with Gasteiger partial charge in [0.1, 0.15) is 5.60 Å². The van der Waals surface area contributed by atoms with Crippen molar-refractivity contribution < 1.29 is 14.3 Å². The third kappa shape index (κ3) is 1.73. The summed E-state index contributed by atoms with van der Waals surface area (Å²) in [6.07, 6.45) is 2.62. The molecule has 0 aromatic heterocycles. The topological polar surface area (TPSA) is 46.6 Å². The van der Waals surface area contributed by atoms with Crippen LogP contribution in [0.3, 0.4) is 0 Å². The summed E-state index contributed by atoms with van der Waals surface area (Å²) >= 11 is 0. The number of hydrogen-bond acceptors (Lipinski definition) is 3. The second-order valence-electron chi connectivity index (χ2n) is 4.99. The van der Waals surface area contributed by atoms with E-state index in [1.807, 2.05) is 18.7 Å². The molecule has 2 fully saturated rings. The Hall–Kier alpha value is -1.06. The molecular formula is C11H17NO3. The van der Waals surface area contributed by atoms with Gasteiger partial charge in [-0.05, 0) is 26.7 Å². The summed E-state index contributed by atoms with van der Waals surface area (Å²) in [6.45, 7) is 5.08. The zero-order chi connectivity index (χ0) is 11.1. The molecule has 15 heavy (non-hydrogen) atoms. The number of hydrogen-bond donors (Lipinski definition) is 0. The minimum absolute atomic E-state index is 0.254. The lowest BCUT2D eigenvalue weighted by atomic mass is 9.88. The van der Waals surface area contributed by atoms with E-state index in [4.69, 9.17) is 4.74 Å². The number of nitrogens with zero attached hydrogens (tertiary/aromatic N) is 1. The summed E-state index contributed by atoms with van der Waals surface area (Å²) in [5, 5.41) is 0. The van der Waals surface area contributed by atoms with Crippen LogP contribution in [-0.2, 0) is 14.3 Å². The Kier molecular flexibility index (Phi) is 2.44. The number of carbonyl (C=O) groups is 2. The van der Waals surface area contributed by atoms with Crippen LogP contribution in [0.5, 0.6) is 0 Å². The molecule has 2 aliphatic rings. The maximum absolute atomic E-state index is 11.5. The second-order valence-corrected chi connectivity index (χ2v) is 4.99. The molecule has 0 bridgehead atoms. The molecule has 0 aromatic carbocycles. The third-order valence-electron chi connectivity index (χ3n) is 3.76. The van der Waals surface area contributed by atoms with Crippen molar-refractivity contribution in [1.29, 1.82) is 0 Å². The average Bonchev–Trinajstić information content (AvgIpc) is 2.69. The molecule has 84 valence electrons. The summed E-state index contributed by atoms with van der Waals surface area (Å²) < 4.78 is 5.10. The summed E-state index contributed by atoms with van der Waals surface area (Å²) in [6, 6.07) is 0.386. The first-order valence-electron chi connectivity index (χ1n) is 5.45. The van der Waals surface area contributed by atoms with E-state index in [-0.39, 0.29) is 11.8 Å². The van der Waals surface area contributed by atoms with Crippen molar-refractivity contribution in [2.75, 3.05) is 6.54 Å². The van der Waals surface area contributed by atoms with E-state index < -0.39 is 5.60 Å². The Morgan fingerprint density at radius 3 is 2.87 bits per heavy atom. The van der Waals surface area contributed by atoms with Crippen LogP contribution in [0.2, 0.25) is 0 Å². The summed E-state index contributed by atoms with van der Waals surface area (Å²) in [5.41, 5.74) is -0.452. The van der Waals surface area contributed by atoms with E-state index >= 15 is 0 Å². The second kappa shape index (κ2) is 3.51. The van der Waals surface area contributed by atoms with Gasteiger partial charge >= 0.3 is 0 Å². The van der Waals surface area contributed by atoms with Crippen LogP contribution in [0.25, 0.3) is 0 Å². The monoisotopic (exact) mass is 211 g/mol. The molecule has 2 saturated heterocycles. The third-order valence-corrected chi connectivity index (χ3v) is 3.76. The predicted octanol–water partition coefficient (Wildman–Crippen LogP) is 0.949. The normalized spacial score (nSPS) is 30.5. The highest BCUT2D eigenvalue weighted by atomic mass is 16.5. The van der Waals surface area contributed by atoms with Crippen LogP contribution in [0.1, 0.15) is 33.1 Å². The number of carbonyl (C=O) groups excluding carboxylic acids is 2. The molecule has 2 atom stereocenters. The number of amides is 1. The minimum atomic E-state index is -0.452. The SMILES string of the molecule is CC(C)(OC=O)[C@H]1C[C@H]2CCC(=O)N2C1. The quantitative estimate of drug-likeness (QED) is 0.653. The number of rotatable bonds is 3. The molecular weight excluding hydrogens is 194 g/mol. The van der Waals surface area contributed by atoms with Crippen molar-refractivity contribution in [3.63, 3.8) is 0 Å². The maximum Gasteiger partial charge on any atom is 0.293 e. The van der Waals surface area contributed by atoms with E-state index in [1.54, 1.807) is 0 Å². The van der Waals surface area contributed by atoms with Gasteiger partial charge in [-0.25, -0.2) is 0 Å². The van der Waals surface area contributed by atoms with Gasteiger partial charge in [0.25, 0.3) is 6.47 Å². The number of fused-ring (bicyclic) bond motifs is 1. The van der Waals surface area contributed by atoms with Gasteiger partial charge in [0.15, 0.2) is 0 Å². The zero-order valence-corrected chi connectivity index (χ0v) is 9.23. The molecule has 2 aliphatic heterocycles. The molecule has 4 heteroatoms. The molecule has 0 spiro atoms. The molecule has 0 saturated carbocycles. The minimum Gasteiger partial charge on any atom is -0.462 e. The van der Waals surface area contributed by atoms with Gasteiger partial charge in [-0.3, -0.25) is 9.59 Å².